The third-order valence-electron chi connectivity index (χ3n) is 4.84. The molecular weight excluding hydrogens is 380 g/mol. The Morgan fingerprint density at radius 1 is 1.04 bits per heavy atom. The van der Waals surface area contributed by atoms with Gasteiger partial charge in [-0.15, -0.1) is 0 Å². The van der Waals surface area contributed by atoms with E-state index in [9.17, 15) is 13.2 Å². The molecule has 8 heteroatoms. The molecule has 1 aliphatic rings. The number of rotatable bonds is 6. The van der Waals surface area contributed by atoms with Crippen LogP contribution in [0.4, 0.5) is 5.69 Å². The Kier molecular flexibility index (Phi) is 5.90. The maximum atomic E-state index is 13.0. The van der Waals surface area contributed by atoms with Crippen molar-refractivity contribution in [3.8, 4) is 11.5 Å². The van der Waals surface area contributed by atoms with Gasteiger partial charge in [0.05, 0.1) is 14.2 Å². The van der Waals surface area contributed by atoms with E-state index >= 15 is 0 Å². The molecule has 0 saturated carbocycles. The summed E-state index contributed by atoms with van der Waals surface area (Å²) < 4.78 is 37.9. The van der Waals surface area contributed by atoms with Gasteiger partial charge in [0.2, 0.25) is 10.0 Å². The smallest absolute Gasteiger partial charge is 0.258 e. The van der Waals surface area contributed by atoms with E-state index in [0.29, 0.717) is 24.5 Å². The molecule has 1 aliphatic heterocycles. The van der Waals surface area contributed by atoms with Gasteiger partial charge in [-0.2, -0.15) is 4.31 Å². The molecule has 0 atom stereocenters. The van der Waals surface area contributed by atoms with Crippen molar-refractivity contribution in [3.63, 3.8) is 0 Å². The van der Waals surface area contributed by atoms with E-state index in [2.05, 4.69) is 0 Å². The summed E-state index contributed by atoms with van der Waals surface area (Å²) in [6, 6.07) is 11.6. The zero-order chi connectivity index (χ0) is 20.3. The lowest BCUT2D eigenvalue weighted by atomic mass is 10.1. The fraction of sp³-hybridized carbons (Fsp3) is 0.350. The average Bonchev–Trinajstić information content (AvgIpc) is 3.28. The molecule has 0 aromatic heterocycles. The van der Waals surface area contributed by atoms with Crippen LogP contribution in [0.3, 0.4) is 0 Å². The van der Waals surface area contributed by atoms with Crippen LogP contribution in [0.5, 0.6) is 11.5 Å². The first-order valence-corrected chi connectivity index (χ1v) is 10.4. The molecule has 1 heterocycles. The van der Waals surface area contributed by atoms with E-state index in [1.54, 1.807) is 44.5 Å². The molecule has 0 unspecified atom stereocenters. The minimum Gasteiger partial charge on any atom is -0.497 e. The Bertz CT molecular complexity index is 968. The first-order valence-electron chi connectivity index (χ1n) is 8.99. The monoisotopic (exact) mass is 404 g/mol. The molecule has 1 amide bonds. The first-order chi connectivity index (χ1) is 13.4. The number of hydrogen-bond acceptors (Lipinski definition) is 5. The number of nitrogens with zero attached hydrogens (tertiary/aromatic N) is 2. The molecule has 2 aromatic carbocycles. The van der Waals surface area contributed by atoms with Crippen molar-refractivity contribution in [2.24, 2.45) is 0 Å². The largest absolute Gasteiger partial charge is 0.497 e. The molecule has 1 saturated heterocycles. The van der Waals surface area contributed by atoms with Gasteiger partial charge < -0.3 is 14.4 Å². The van der Waals surface area contributed by atoms with Gasteiger partial charge in [-0.25, -0.2) is 8.42 Å². The van der Waals surface area contributed by atoms with Crippen LogP contribution in [-0.2, 0) is 10.0 Å². The Hall–Kier alpha value is -2.58. The minimum atomic E-state index is -3.72. The number of methoxy groups -OCH3 is 2. The van der Waals surface area contributed by atoms with Crippen LogP contribution in [0.15, 0.2) is 47.4 Å². The number of amides is 1. The summed E-state index contributed by atoms with van der Waals surface area (Å²) in [7, 11) is 0.888. The molecule has 2 aromatic rings. The van der Waals surface area contributed by atoms with Crippen LogP contribution in [0.25, 0.3) is 0 Å². The molecule has 28 heavy (non-hydrogen) atoms. The molecule has 0 aliphatic carbocycles. The predicted molar refractivity (Wildman–Crippen MR) is 107 cm³/mol. The average molecular weight is 404 g/mol. The lowest BCUT2D eigenvalue weighted by Crippen LogP contribution is -2.29. The van der Waals surface area contributed by atoms with Gasteiger partial charge in [0, 0.05) is 37.5 Å². The minimum absolute atomic E-state index is 0.0155. The second-order valence-electron chi connectivity index (χ2n) is 6.54. The van der Waals surface area contributed by atoms with Crippen molar-refractivity contribution in [2.75, 3.05) is 39.3 Å². The second-order valence-corrected chi connectivity index (χ2v) is 8.45. The molecule has 0 bridgehead atoms. The number of ether oxygens (including phenoxy) is 2. The van der Waals surface area contributed by atoms with Crippen molar-refractivity contribution in [1.29, 1.82) is 0 Å². The van der Waals surface area contributed by atoms with E-state index < -0.39 is 10.0 Å². The molecule has 3 rings (SSSR count). The molecule has 0 radical (unpaired) electrons. The van der Waals surface area contributed by atoms with Gasteiger partial charge in [0.1, 0.15) is 16.4 Å². The number of carbonyl (C=O) groups is 1. The van der Waals surface area contributed by atoms with E-state index in [4.69, 9.17) is 9.47 Å². The summed E-state index contributed by atoms with van der Waals surface area (Å²) in [5.74, 6) is 0.533. The van der Waals surface area contributed by atoms with E-state index in [0.717, 1.165) is 12.8 Å². The van der Waals surface area contributed by atoms with Gasteiger partial charge >= 0.3 is 0 Å². The predicted octanol–water partition coefficient (Wildman–Crippen LogP) is 2.76. The maximum absolute atomic E-state index is 13.0. The van der Waals surface area contributed by atoms with Gasteiger partial charge in [-0.05, 0) is 43.2 Å². The van der Waals surface area contributed by atoms with Crippen LogP contribution in [-0.4, -0.2) is 53.0 Å². The third-order valence-corrected chi connectivity index (χ3v) is 6.76. The fourth-order valence-corrected chi connectivity index (χ4v) is 4.91. The number of anilines is 1. The molecule has 150 valence electrons. The SMILES string of the molecule is COc1cccc(N(C)C(=O)c2ccc(OC)c(S(=O)(=O)N3CCCC3)c2)c1. The van der Waals surface area contributed by atoms with Crippen LogP contribution >= 0.6 is 0 Å². The summed E-state index contributed by atoms with van der Waals surface area (Å²) in [6.45, 7) is 0.959. The van der Waals surface area contributed by atoms with E-state index in [1.807, 2.05) is 0 Å². The summed E-state index contributed by atoms with van der Waals surface area (Å²) in [4.78, 5) is 14.5. The highest BCUT2D eigenvalue weighted by Crippen LogP contribution is 2.31. The van der Waals surface area contributed by atoms with Crippen LogP contribution < -0.4 is 14.4 Å². The lowest BCUT2D eigenvalue weighted by Gasteiger charge is -2.21. The summed E-state index contributed by atoms with van der Waals surface area (Å²) >= 11 is 0. The molecule has 1 fully saturated rings. The lowest BCUT2D eigenvalue weighted by molar-refractivity contribution is 0.0992. The summed E-state index contributed by atoms with van der Waals surface area (Å²) in [5, 5.41) is 0. The van der Waals surface area contributed by atoms with Crippen molar-refractivity contribution >= 4 is 21.6 Å². The van der Waals surface area contributed by atoms with E-state index in [1.165, 1.54) is 28.4 Å². The zero-order valence-electron chi connectivity index (χ0n) is 16.2. The fourth-order valence-electron chi connectivity index (χ4n) is 3.21. The van der Waals surface area contributed by atoms with Gasteiger partial charge in [-0.1, -0.05) is 6.07 Å². The highest BCUT2D eigenvalue weighted by Gasteiger charge is 2.31. The Balaban J connectivity index is 1.97. The highest BCUT2D eigenvalue weighted by atomic mass is 32.2. The van der Waals surface area contributed by atoms with Crippen LogP contribution in [0, 0.1) is 0 Å². The normalized spacial score (nSPS) is 14.7. The number of carbonyl (C=O) groups excluding carboxylic acids is 1. The van der Waals surface area contributed by atoms with Crippen molar-refractivity contribution in [3.05, 3.63) is 48.0 Å². The maximum Gasteiger partial charge on any atom is 0.258 e. The van der Waals surface area contributed by atoms with Gasteiger partial charge in [-0.3, -0.25) is 4.79 Å². The number of benzene rings is 2. The molecule has 0 spiro atoms. The zero-order valence-corrected chi connectivity index (χ0v) is 17.0. The molecule has 7 nitrogen and oxygen atoms in total. The quantitative estimate of drug-likeness (QED) is 0.740. The summed E-state index contributed by atoms with van der Waals surface area (Å²) in [6.07, 6.45) is 1.66. The van der Waals surface area contributed by atoms with Crippen molar-refractivity contribution in [2.45, 2.75) is 17.7 Å². The first kappa shape index (κ1) is 20.2. The van der Waals surface area contributed by atoms with Crippen molar-refractivity contribution < 1.29 is 22.7 Å². The molecular formula is C20H24N2O5S. The number of sulfonamides is 1. The van der Waals surface area contributed by atoms with Crippen LogP contribution in [0.2, 0.25) is 0 Å². The topological polar surface area (TPSA) is 76.1 Å². The van der Waals surface area contributed by atoms with E-state index in [-0.39, 0.29) is 22.1 Å². The standard InChI is InChI=1S/C20H24N2O5S/c1-21(16-7-6-8-17(14-16)26-2)20(23)15-9-10-18(27-3)19(13-15)28(24,25)22-11-4-5-12-22/h6-10,13-14H,4-5,11-12H2,1-3H3. The Morgan fingerprint density at radius 2 is 1.75 bits per heavy atom. The summed E-state index contributed by atoms with van der Waals surface area (Å²) in [5.41, 5.74) is 0.910. The molecule has 0 N–H and O–H groups in total. The Labute approximate surface area is 165 Å². The van der Waals surface area contributed by atoms with Crippen molar-refractivity contribution in [1.82, 2.24) is 4.31 Å². The third kappa shape index (κ3) is 3.83. The Morgan fingerprint density at radius 3 is 2.39 bits per heavy atom. The highest BCUT2D eigenvalue weighted by molar-refractivity contribution is 7.89. The van der Waals surface area contributed by atoms with Gasteiger partial charge in [0.15, 0.2) is 0 Å². The number of hydrogen-bond donors (Lipinski definition) is 0. The second kappa shape index (κ2) is 8.20. The van der Waals surface area contributed by atoms with Crippen LogP contribution in [0.1, 0.15) is 23.2 Å². The van der Waals surface area contributed by atoms with Gasteiger partial charge in [0.25, 0.3) is 5.91 Å².